The minimum absolute atomic E-state index is 0.00694. The number of nitrogens with zero attached hydrogens (tertiary/aromatic N) is 5. The molecule has 0 aliphatic carbocycles. The van der Waals surface area contributed by atoms with E-state index in [2.05, 4.69) is 35.7 Å². The zero-order valence-electron chi connectivity index (χ0n) is 38.7. The molecule has 340 valence electrons. The van der Waals surface area contributed by atoms with Crippen molar-refractivity contribution in [2.75, 3.05) is 11.5 Å². The van der Waals surface area contributed by atoms with Gasteiger partial charge in [-0.3, -0.25) is 9.59 Å². The van der Waals surface area contributed by atoms with E-state index in [1.807, 2.05) is 54.5 Å². The highest BCUT2D eigenvalue weighted by atomic mass is 19.1. The Hall–Kier alpha value is -6.32. The number of carbonyl (C=O) groups excluding carboxylic acids is 2. The third kappa shape index (κ3) is 13.6. The fourth-order valence-electron chi connectivity index (χ4n) is 6.85. The maximum absolute atomic E-state index is 14.4. The van der Waals surface area contributed by atoms with Gasteiger partial charge in [-0.1, -0.05) is 48.5 Å². The van der Waals surface area contributed by atoms with Gasteiger partial charge in [0.2, 0.25) is 0 Å². The number of anilines is 2. The molecule has 4 heterocycles. The zero-order chi connectivity index (χ0) is 47.4. The van der Waals surface area contributed by atoms with Crippen LogP contribution in [-0.4, -0.2) is 52.0 Å². The summed E-state index contributed by atoms with van der Waals surface area (Å²) in [7, 11) is 0. The average molecular weight is 873 g/mol. The lowest BCUT2D eigenvalue weighted by molar-refractivity contribution is 0.0528. The van der Waals surface area contributed by atoms with Crippen LogP contribution in [0.1, 0.15) is 113 Å². The van der Waals surface area contributed by atoms with Gasteiger partial charge in [0, 0.05) is 41.3 Å². The molecule has 0 aliphatic heterocycles. The van der Waals surface area contributed by atoms with Crippen molar-refractivity contribution < 1.29 is 27.8 Å². The number of aromatic nitrogens is 6. The van der Waals surface area contributed by atoms with Gasteiger partial charge < -0.3 is 30.5 Å². The van der Waals surface area contributed by atoms with Gasteiger partial charge in [-0.15, -0.1) is 0 Å². The number of nitrogens with one attached hydrogen (secondary N) is 1. The third-order valence-electron chi connectivity index (χ3n) is 9.00. The van der Waals surface area contributed by atoms with Crippen LogP contribution in [-0.2, 0) is 35.3 Å². The summed E-state index contributed by atoms with van der Waals surface area (Å²) in [6, 6.07) is 9.45. The second-order valence-electron chi connectivity index (χ2n) is 19.8. The van der Waals surface area contributed by atoms with Gasteiger partial charge in [0.1, 0.15) is 22.8 Å². The molecule has 5 N–H and O–H groups in total. The van der Waals surface area contributed by atoms with E-state index in [-0.39, 0.29) is 46.2 Å². The Morgan fingerprint density at radius 2 is 1.11 bits per heavy atom. The summed E-state index contributed by atoms with van der Waals surface area (Å²) in [5.74, 6) is -0.787. The van der Waals surface area contributed by atoms with Crippen LogP contribution < -0.4 is 22.6 Å². The maximum atomic E-state index is 14.4. The highest BCUT2D eigenvalue weighted by Gasteiger charge is 2.27. The van der Waals surface area contributed by atoms with E-state index in [0.717, 1.165) is 22.2 Å². The Morgan fingerprint density at radius 3 is 1.51 bits per heavy atom. The van der Waals surface area contributed by atoms with Crippen LogP contribution in [0.25, 0.3) is 21.8 Å². The van der Waals surface area contributed by atoms with Crippen molar-refractivity contribution in [2.45, 2.75) is 127 Å². The highest BCUT2D eigenvalue weighted by Crippen LogP contribution is 2.33. The number of fused-ring (bicyclic) bond motifs is 2. The Balaban J connectivity index is 0.000000240. The normalized spacial score (nSPS) is 12.0. The standard InChI is InChI=1S/C23H29FN4O3.C20H28FNO2.C4H5N3O/c1-22(2,3)12-15-10-16(24)9-14-11-17(13-27-8-7-26-19(25)20(27)29)28(18(14)15)21(30)31-23(4,5)6;1-8-16-11-13-9-15(21)10-14(12-19(2,3)4)17(13)22(16)18(23)24-20(5,6)7;5-3-4(8)7-2-1-6-3/h7-11H,12-13H2,1-6H3,(H2,25,26);9-11H,8,12H2,1-7H3;1-2H,(H2,5,6)(H,7,8). The Labute approximate surface area is 366 Å². The number of hydrogen-bond donors (Lipinski definition) is 3. The molecule has 0 bridgehead atoms. The van der Waals surface area contributed by atoms with Crippen molar-refractivity contribution in [2.24, 2.45) is 10.8 Å². The van der Waals surface area contributed by atoms with Crippen LogP contribution in [0.15, 0.2) is 70.8 Å². The zero-order valence-corrected chi connectivity index (χ0v) is 38.7. The number of aryl methyl sites for hydroxylation is 1. The van der Waals surface area contributed by atoms with E-state index in [1.54, 1.807) is 31.4 Å². The first-order chi connectivity index (χ1) is 29.0. The maximum Gasteiger partial charge on any atom is 0.419 e. The van der Waals surface area contributed by atoms with E-state index in [9.17, 15) is 28.0 Å². The molecule has 14 nitrogen and oxygen atoms in total. The lowest BCUT2D eigenvalue weighted by Crippen LogP contribution is -2.30. The number of rotatable bonds is 5. The molecule has 0 unspecified atom stereocenters. The monoisotopic (exact) mass is 872 g/mol. The lowest BCUT2D eigenvalue weighted by Gasteiger charge is -2.23. The van der Waals surface area contributed by atoms with E-state index in [1.165, 1.54) is 58.2 Å². The number of carbonyl (C=O) groups is 2. The molecule has 6 rings (SSSR count). The Morgan fingerprint density at radius 1 is 0.667 bits per heavy atom. The molecule has 0 atom stereocenters. The largest absolute Gasteiger partial charge is 0.443 e. The summed E-state index contributed by atoms with van der Waals surface area (Å²) >= 11 is 0. The first-order valence-corrected chi connectivity index (χ1v) is 20.7. The first kappa shape index (κ1) is 49.3. The summed E-state index contributed by atoms with van der Waals surface area (Å²) < 4.78 is 44.1. The molecular formula is C47H62F2N8O6. The fraction of sp³-hybridized carbons (Fsp3) is 0.447. The molecule has 0 aliphatic rings. The predicted molar refractivity (Wildman–Crippen MR) is 244 cm³/mol. The number of nitrogen functional groups attached to an aromatic ring is 2. The molecule has 0 saturated carbocycles. The summed E-state index contributed by atoms with van der Waals surface area (Å²) in [5.41, 5.74) is 12.6. The van der Waals surface area contributed by atoms with Crippen molar-refractivity contribution in [3.8, 4) is 0 Å². The summed E-state index contributed by atoms with van der Waals surface area (Å²) in [5, 5.41) is 1.31. The number of benzene rings is 2. The van der Waals surface area contributed by atoms with Crippen LogP contribution in [0, 0.1) is 22.5 Å². The van der Waals surface area contributed by atoms with Crippen LogP contribution in [0.3, 0.4) is 0 Å². The average Bonchev–Trinajstić information content (AvgIpc) is 3.67. The van der Waals surface area contributed by atoms with Gasteiger partial charge in [0.05, 0.1) is 23.3 Å². The Kier molecular flexibility index (Phi) is 14.9. The predicted octanol–water partition coefficient (Wildman–Crippen LogP) is 9.41. The van der Waals surface area contributed by atoms with Crippen molar-refractivity contribution in [3.63, 3.8) is 0 Å². The van der Waals surface area contributed by atoms with Gasteiger partial charge in [-0.05, 0) is 119 Å². The van der Waals surface area contributed by atoms with Crippen molar-refractivity contribution >= 4 is 45.6 Å². The molecule has 0 amide bonds. The van der Waals surface area contributed by atoms with Crippen LogP contribution in [0.2, 0.25) is 0 Å². The first-order valence-electron chi connectivity index (χ1n) is 20.7. The topological polar surface area (TPSA) is 195 Å². The third-order valence-corrected chi connectivity index (χ3v) is 9.00. The summed E-state index contributed by atoms with van der Waals surface area (Å²) in [4.78, 5) is 58.4. The molecule has 6 aromatic rings. The van der Waals surface area contributed by atoms with Crippen molar-refractivity contribution in [3.05, 3.63) is 116 Å². The van der Waals surface area contributed by atoms with Crippen LogP contribution in [0.4, 0.5) is 30.0 Å². The Bertz CT molecular complexity index is 2720. The van der Waals surface area contributed by atoms with E-state index in [4.69, 9.17) is 20.9 Å². The van der Waals surface area contributed by atoms with Gasteiger partial charge in [-0.2, -0.15) is 0 Å². The molecule has 16 heteroatoms. The molecule has 63 heavy (non-hydrogen) atoms. The summed E-state index contributed by atoms with van der Waals surface area (Å²) in [6.07, 6.45) is 6.67. The van der Waals surface area contributed by atoms with Gasteiger partial charge in [0.15, 0.2) is 11.6 Å². The lowest BCUT2D eigenvalue weighted by atomic mass is 9.87. The van der Waals surface area contributed by atoms with Gasteiger partial charge in [0.25, 0.3) is 11.1 Å². The highest BCUT2D eigenvalue weighted by molar-refractivity contribution is 5.94. The van der Waals surface area contributed by atoms with Crippen LogP contribution in [0.5, 0.6) is 0 Å². The molecule has 0 fully saturated rings. The van der Waals surface area contributed by atoms with Crippen molar-refractivity contribution in [1.82, 2.24) is 28.7 Å². The van der Waals surface area contributed by atoms with Crippen molar-refractivity contribution in [1.29, 1.82) is 0 Å². The number of hydrogen-bond acceptors (Lipinski definition) is 10. The number of halogens is 2. The fourth-order valence-corrected chi connectivity index (χ4v) is 6.85. The molecule has 0 saturated heterocycles. The molecule has 2 aromatic carbocycles. The van der Waals surface area contributed by atoms with E-state index >= 15 is 0 Å². The SMILES string of the molecule is CC(C)(C)Cc1cc(F)cc2cc(Cn3ccnc(N)c3=O)n(C(=O)OC(C)(C)C)c12.CCc1cc2cc(F)cc(CC(C)(C)C)c2n1C(=O)OC(C)(C)C.Nc1ncc[nH]c1=O. The van der Waals surface area contributed by atoms with Crippen LogP contribution >= 0.6 is 0 Å². The second kappa shape index (κ2) is 19.0. The number of nitrogens with two attached hydrogens (primary N) is 2. The molecule has 0 spiro atoms. The smallest absolute Gasteiger partial charge is 0.419 e. The number of aromatic amines is 1. The molecular weight excluding hydrogens is 811 g/mol. The number of H-pyrrole nitrogens is 1. The quantitative estimate of drug-likeness (QED) is 0.150. The minimum atomic E-state index is -0.729. The summed E-state index contributed by atoms with van der Waals surface area (Å²) in [6.45, 7) is 25.3. The van der Waals surface area contributed by atoms with Gasteiger partial charge in [-0.25, -0.2) is 37.5 Å². The minimum Gasteiger partial charge on any atom is -0.443 e. The molecule has 4 aromatic heterocycles. The van der Waals surface area contributed by atoms with E-state index < -0.39 is 28.9 Å². The van der Waals surface area contributed by atoms with Gasteiger partial charge >= 0.3 is 12.2 Å². The molecule has 0 radical (unpaired) electrons. The second-order valence-corrected chi connectivity index (χ2v) is 19.8. The number of ether oxygens (including phenoxy) is 2. The van der Waals surface area contributed by atoms with E-state index in [0.29, 0.717) is 41.4 Å².